The van der Waals surface area contributed by atoms with Crippen LogP contribution in [0.3, 0.4) is 0 Å². The molecule has 232 valence electrons. The van der Waals surface area contributed by atoms with Gasteiger partial charge in [-0.15, -0.1) is 11.3 Å². The van der Waals surface area contributed by atoms with E-state index in [1.807, 2.05) is 57.5 Å². The number of aliphatic hydroxyl groups excluding tert-OH is 1. The topological polar surface area (TPSA) is 147 Å². The second-order valence-corrected chi connectivity index (χ2v) is 13.2. The van der Waals surface area contributed by atoms with Crippen LogP contribution in [0.4, 0.5) is 4.79 Å². The van der Waals surface area contributed by atoms with E-state index in [1.54, 1.807) is 38.2 Å². The number of alkyl carbamates (subject to hydrolysis) is 1. The van der Waals surface area contributed by atoms with Crippen LogP contribution in [0.2, 0.25) is 0 Å². The van der Waals surface area contributed by atoms with Crippen molar-refractivity contribution in [3.8, 4) is 10.4 Å². The number of nitrogens with zero attached hydrogens (tertiary/aromatic N) is 3. The van der Waals surface area contributed by atoms with Crippen molar-refractivity contribution in [1.82, 2.24) is 25.7 Å². The number of benzene rings is 1. The molecule has 12 heteroatoms. The van der Waals surface area contributed by atoms with Crippen molar-refractivity contribution in [3.63, 3.8) is 0 Å². The number of carbonyl (C=O) groups is 3. The van der Waals surface area contributed by atoms with E-state index in [0.717, 1.165) is 21.7 Å². The third kappa shape index (κ3) is 7.99. The fraction of sp³-hybridized carbons (Fsp3) is 0.516. The van der Waals surface area contributed by atoms with Crippen molar-refractivity contribution < 1.29 is 28.8 Å². The number of nitrogens with one attached hydrogen (secondary N) is 2. The Kier molecular flexibility index (Phi) is 9.91. The summed E-state index contributed by atoms with van der Waals surface area (Å²) in [4.78, 5) is 46.2. The zero-order chi connectivity index (χ0) is 31.5. The van der Waals surface area contributed by atoms with E-state index in [-0.39, 0.29) is 43.3 Å². The first-order valence-electron chi connectivity index (χ1n) is 14.4. The van der Waals surface area contributed by atoms with Crippen LogP contribution < -0.4 is 10.6 Å². The van der Waals surface area contributed by atoms with Gasteiger partial charge in [-0.3, -0.25) is 9.59 Å². The van der Waals surface area contributed by atoms with E-state index in [1.165, 1.54) is 4.90 Å². The molecule has 1 aliphatic heterocycles. The molecule has 3 N–H and O–H groups in total. The Morgan fingerprint density at radius 1 is 1.19 bits per heavy atom. The zero-order valence-corrected chi connectivity index (χ0v) is 26.5. The summed E-state index contributed by atoms with van der Waals surface area (Å²) in [5.41, 5.74) is 4.57. The number of ether oxygens (including phenoxy) is 1. The second kappa shape index (κ2) is 13.3. The quantitative estimate of drug-likeness (QED) is 0.315. The van der Waals surface area contributed by atoms with Crippen molar-refractivity contribution in [3.05, 3.63) is 58.6 Å². The molecule has 0 unspecified atom stereocenters. The lowest BCUT2D eigenvalue weighted by Crippen LogP contribution is -2.48. The molecule has 0 aliphatic carbocycles. The monoisotopic (exact) mass is 611 g/mol. The zero-order valence-electron chi connectivity index (χ0n) is 25.7. The van der Waals surface area contributed by atoms with E-state index >= 15 is 0 Å². The number of thiazole rings is 1. The standard InChI is InChI=1S/C31H41N5O6S/c1-17(2)26(25-12-22(35-42-25)14-32-30(40)41-31(5,6)7)29(39)36-15-23(37)13-24(36)28(38)34-18(3)20-8-10-21(11-9-20)27-19(4)33-16-43-27/h8-12,16-18,23-24,26,37H,13-15H2,1-7H3,(H,32,40)(H,34,38)/t18-,23+,24-,26+/m0/s1. The van der Waals surface area contributed by atoms with Crippen molar-refractivity contribution in [1.29, 1.82) is 0 Å². The van der Waals surface area contributed by atoms with Crippen molar-refractivity contribution in [2.75, 3.05) is 6.54 Å². The third-order valence-electron chi connectivity index (χ3n) is 7.27. The minimum Gasteiger partial charge on any atom is -0.444 e. The van der Waals surface area contributed by atoms with Crippen LogP contribution in [0.1, 0.15) is 82.6 Å². The van der Waals surface area contributed by atoms with Crippen LogP contribution in [-0.4, -0.2) is 62.3 Å². The summed E-state index contributed by atoms with van der Waals surface area (Å²) in [6.45, 7) is 13.0. The summed E-state index contributed by atoms with van der Waals surface area (Å²) in [7, 11) is 0. The normalized spacial score (nSPS) is 18.4. The fourth-order valence-electron chi connectivity index (χ4n) is 5.15. The first kappa shape index (κ1) is 32.2. The molecule has 2 aromatic heterocycles. The smallest absolute Gasteiger partial charge is 0.407 e. The number of carbonyl (C=O) groups excluding carboxylic acids is 3. The molecule has 0 bridgehead atoms. The number of rotatable bonds is 9. The maximum Gasteiger partial charge on any atom is 0.407 e. The Morgan fingerprint density at radius 3 is 2.49 bits per heavy atom. The van der Waals surface area contributed by atoms with Crippen molar-refractivity contribution in [2.45, 2.75) is 91.1 Å². The van der Waals surface area contributed by atoms with E-state index in [9.17, 15) is 19.5 Å². The van der Waals surface area contributed by atoms with Gasteiger partial charge in [-0.2, -0.15) is 0 Å². The van der Waals surface area contributed by atoms with Gasteiger partial charge in [-0.05, 0) is 51.7 Å². The fourth-order valence-corrected chi connectivity index (χ4v) is 5.96. The van der Waals surface area contributed by atoms with Crippen molar-refractivity contribution in [2.24, 2.45) is 5.92 Å². The lowest BCUT2D eigenvalue weighted by Gasteiger charge is -2.29. The first-order valence-corrected chi connectivity index (χ1v) is 15.3. The Morgan fingerprint density at radius 2 is 1.88 bits per heavy atom. The summed E-state index contributed by atoms with van der Waals surface area (Å²) < 4.78 is 10.8. The summed E-state index contributed by atoms with van der Waals surface area (Å²) in [6.07, 6.45) is -1.28. The van der Waals surface area contributed by atoms with Crippen LogP contribution in [0.15, 0.2) is 40.4 Å². The maximum absolute atomic E-state index is 13.9. The molecular weight excluding hydrogens is 570 g/mol. The molecule has 3 heterocycles. The molecule has 1 aliphatic rings. The predicted octanol–water partition coefficient (Wildman–Crippen LogP) is 4.71. The highest BCUT2D eigenvalue weighted by Gasteiger charge is 2.43. The van der Waals surface area contributed by atoms with Crippen molar-refractivity contribution >= 4 is 29.2 Å². The Hall–Kier alpha value is -3.77. The number of aryl methyl sites for hydroxylation is 1. The van der Waals surface area contributed by atoms with E-state index in [0.29, 0.717) is 11.5 Å². The first-order chi connectivity index (χ1) is 20.2. The molecule has 0 radical (unpaired) electrons. The second-order valence-electron chi connectivity index (χ2n) is 12.3. The molecule has 3 aromatic rings. The highest BCUT2D eigenvalue weighted by atomic mass is 32.1. The lowest BCUT2D eigenvalue weighted by molar-refractivity contribution is -0.141. The maximum atomic E-state index is 13.9. The molecule has 4 atom stereocenters. The van der Waals surface area contributed by atoms with Gasteiger partial charge in [0, 0.05) is 19.0 Å². The SMILES string of the molecule is Cc1ncsc1-c1ccc([C@H](C)NC(=O)[C@@H]2C[C@@H](O)CN2C(=O)[C@@H](c2cc(CNC(=O)OC(C)(C)C)no2)C(C)C)cc1. The average Bonchev–Trinajstić information content (AvgIpc) is 3.66. The highest BCUT2D eigenvalue weighted by molar-refractivity contribution is 7.13. The summed E-state index contributed by atoms with van der Waals surface area (Å²) in [5, 5.41) is 20.2. The van der Waals surface area contributed by atoms with E-state index in [4.69, 9.17) is 9.26 Å². The minimum absolute atomic E-state index is 0.0403. The molecule has 0 spiro atoms. The molecule has 1 saturated heterocycles. The number of aliphatic hydroxyl groups is 1. The van der Waals surface area contributed by atoms with Gasteiger partial charge < -0.3 is 29.9 Å². The Balaban J connectivity index is 1.42. The van der Waals surface area contributed by atoms with Crippen LogP contribution in [0.25, 0.3) is 10.4 Å². The number of aromatic nitrogens is 2. The van der Waals surface area contributed by atoms with Gasteiger partial charge in [-0.1, -0.05) is 43.3 Å². The number of hydrogen-bond acceptors (Lipinski definition) is 9. The van der Waals surface area contributed by atoms with Gasteiger partial charge in [-0.25, -0.2) is 9.78 Å². The molecule has 0 saturated carbocycles. The lowest BCUT2D eigenvalue weighted by atomic mass is 9.91. The average molecular weight is 612 g/mol. The van der Waals surface area contributed by atoms with Crippen LogP contribution >= 0.6 is 11.3 Å². The molecule has 1 aromatic carbocycles. The molecular formula is C31H41N5O6S. The Bertz CT molecular complexity index is 1430. The van der Waals surface area contributed by atoms with E-state index < -0.39 is 29.8 Å². The van der Waals surface area contributed by atoms with E-state index in [2.05, 4.69) is 20.8 Å². The predicted molar refractivity (Wildman–Crippen MR) is 162 cm³/mol. The number of likely N-dealkylation sites (tertiary alicyclic amines) is 1. The van der Waals surface area contributed by atoms with Crippen LogP contribution in [-0.2, 0) is 20.9 Å². The van der Waals surface area contributed by atoms with Gasteiger partial charge in [0.1, 0.15) is 29.0 Å². The minimum atomic E-state index is -0.832. The van der Waals surface area contributed by atoms with Gasteiger partial charge in [0.05, 0.1) is 34.8 Å². The van der Waals surface area contributed by atoms with Gasteiger partial charge in [0.15, 0.2) is 0 Å². The number of hydrogen-bond donors (Lipinski definition) is 3. The number of amides is 3. The largest absolute Gasteiger partial charge is 0.444 e. The molecule has 1 fully saturated rings. The molecule has 43 heavy (non-hydrogen) atoms. The number of β-amino-alcohol motifs (C(OH)–C–C–N with tert-alkyl or cyclic N) is 1. The highest BCUT2D eigenvalue weighted by Crippen LogP contribution is 2.32. The third-order valence-corrected chi connectivity index (χ3v) is 8.25. The van der Waals surface area contributed by atoms with Crippen LogP contribution in [0.5, 0.6) is 0 Å². The Labute approximate surface area is 256 Å². The molecule has 4 rings (SSSR count). The summed E-state index contributed by atoms with van der Waals surface area (Å²) in [6, 6.07) is 8.45. The summed E-state index contributed by atoms with van der Waals surface area (Å²) >= 11 is 1.58. The molecule has 3 amide bonds. The van der Waals surface area contributed by atoms with Gasteiger partial charge >= 0.3 is 6.09 Å². The van der Waals surface area contributed by atoms with Crippen LogP contribution in [0, 0.1) is 12.8 Å². The van der Waals surface area contributed by atoms with Gasteiger partial charge in [0.25, 0.3) is 0 Å². The molecule has 11 nitrogen and oxygen atoms in total. The summed E-state index contributed by atoms with van der Waals surface area (Å²) in [5.74, 6) is -1.25. The van der Waals surface area contributed by atoms with Gasteiger partial charge in [0.2, 0.25) is 11.8 Å².